The highest BCUT2D eigenvalue weighted by Crippen LogP contribution is 2.52. The van der Waals surface area contributed by atoms with E-state index >= 15 is 0 Å². The Morgan fingerprint density at radius 2 is 1.25 bits per heavy atom. The molecule has 194 valence electrons. The van der Waals surface area contributed by atoms with Gasteiger partial charge in [0.2, 0.25) is 0 Å². The minimum atomic E-state index is -0.494. The van der Waals surface area contributed by atoms with Crippen LogP contribution in [0.2, 0.25) is 0 Å². The molecule has 0 atom stereocenters. The third kappa shape index (κ3) is 5.01. The zero-order chi connectivity index (χ0) is 26.2. The number of carbonyl (C=O) groups is 1. The fraction of sp³-hybridized carbons (Fsp3) is 0.414. The van der Waals surface area contributed by atoms with E-state index in [-0.39, 0.29) is 6.61 Å². The van der Waals surface area contributed by atoms with Gasteiger partial charge in [0.05, 0.1) is 43.8 Å². The number of rotatable bonds is 13. The summed E-state index contributed by atoms with van der Waals surface area (Å²) >= 11 is 0. The van der Waals surface area contributed by atoms with Gasteiger partial charge in [0.25, 0.3) is 0 Å². The van der Waals surface area contributed by atoms with Crippen LogP contribution < -0.4 is 23.7 Å². The smallest absolute Gasteiger partial charge is 0.342 e. The van der Waals surface area contributed by atoms with E-state index in [2.05, 4.69) is 6.58 Å². The van der Waals surface area contributed by atoms with Crippen LogP contribution in [0.5, 0.6) is 28.7 Å². The van der Waals surface area contributed by atoms with E-state index in [1.165, 1.54) is 6.08 Å². The molecule has 0 unspecified atom stereocenters. The van der Waals surface area contributed by atoms with Gasteiger partial charge in [-0.2, -0.15) is 0 Å². The molecule has 0 saturated heterocycles. The highest BCUT2D eigenvalue weighted by molar-refractivity contribution is 6.18. The first-order valence-corrected chi connectivity index (χ1v) is 12.5. The lowest BCUT2D eigenvalue weighted by molar-refractivity contribution is 0.0544. The second kappa shape index (κ2) is 12.4. The van der Waals surface area contributed by atoms with Crippen LogP contribution in [-0.2, 0) is 4.74 Å². The molecule has 0 N–H and O–H groups in total. The first-order chi connectivity index (χ1) is 17.5. The van der Waals surface area contributed by atoms with Crippen molar-refractivity contribution in [2.24, 2.45) is 0 Å². The lowest BCUT2D eigenvalue weighted by Crippen LogP contribution is -2.12. The van der Waals surface area contributed by atoms with Gasteiger partial charge in [-0.15, -0.1) is 0 Å². The van der Waals surface area contributed by atoms with Crippen LogP contribution >= 0.6 is 0 Å². The fourth-order valence-electron chi connectivity index (χ4n) is 4.40. The quantitative estimate of drug-likeness (QED) is 0.149. The van der Waals surface area contributed by atoms with Crippen molar-refractivity contribution >= 4 is 27.5 Å². The predicted molar refractivity (Wildman–Crippen MR) is 143 cm³/mol. The molecule has 7 heteroatoms. The van der Waals surface area contributed by atoms with Gasteiger partial charge < -0.3 is 28.4 Å². The summed E-state index contributed by atoms with van der Waals surface area (Å²) in [6.07, 6.45) is 1.53. The zero-order valence-corrected chi connectivity index (χ0v) is 22.1. The number of hydrogen-bond donors (Lipinski definition) is 0. The maximum Gasteiger partial charge on any atom is 0.342 e. The molecule has 3 aromatic rings. The van der Waals surface area contributed by atoms with Crippen molar-refractivity contribution in [3.05, 3.63) is 42.0 Å². The van der Waals surface area contributed by atoms with Gasteiger partial charge in [0.1, 0.15) is 40.9 Å². The largest absolute Gasteiger partial charge is 0.493 e. The third-order valence-electron chi connectivity index (χ3n) is 5.61. The summed E-state index contributed by atoms with van der Waals surface area (Å²) in [7, 11) is 0. The molecule has 0 radical (unpaired) electrons. The Bertz CT molecular complexity index is 1250. The predicted octanol–water partition coefficient (Wildman–Crippen LogP) is 6.64. The Morgan fingerprint density at radius 3 is 1.78 bits per heavy atom. The molecule has 0 aliphatic carbocycles. The van der Waals surface area contributed by atoms with Crippen molar-refractivity contribution in [2.75, 3.05) is 39.6 Å². The monoisotopic (exact) mass is 496 g/mol. The van der Waals surface area contributed by atoms with E-state index in [4.69, 9.17) is 28.4 Å². The number of fused-ring (bicyclic) bond motifs is 2. The molecule has 0 saturated carbocycles. The summed E-state index contributed by atoms with van der Waals surface area (Å²) in [5.74, 6) is 2.43. The van der Waals surface area contributed by atoms with Gasteiger partial charge in [0, 0.05) is 10.8 Å². The number of aryl methyl sites for hydroxylation is 1. The number of ether oxygens (including phenoxy) is 6. The molecule has 3 rings (SSSR count). The molecular weight excluding hydrogens is 460 g/mol. The van der Waals surface area contributed by atoms with Crippen molar-refractivity contribution in [3.63, 3.8) is 0 Å². The summed E-state index contributed by atoms with van der Waals surface area (Å²) in [5, 5.41) is 2.97. The van der Waals surface area contributed by atoms with E-state index < -0.39 is 5.97 Å². The number of benzene rings is 3. The summed E-state index contributed by atoms with van der Waals surface area (Å²) in [5.41, 5.74) is 1.01. The van der Waals surface area contributed by atoms with Crippen LogP contribution in [-0.4, -0.2) is 45.6 Å². The molecule has 0 spiro atoms. The highest BCUT2D eigenvalue weighted by atomic mass is 16.5. The summed E-state index contributed by atoms with van der Waals surface area (Å²) in [4.78, 5) is 13.1. The maximum absolute atomic E-state index is 13.1. The van der Waals surface area contributed by atoms with Crippen LogP contribution in [0, 0.1) is 6.92 Å². The Morgan fingerprint density at radius 1 is 0.750 bits per heavy atom. The Balaban J connectivity index is 2.62. The Labute approximate surface area is 212 Å². The first kappa shape index (κ1) is 27.0. The Kier molecular flexibility index (Phi) is 9.28. The Hall–Kier alpha value is -3.61. The fourth-order valence-corrected chi connectivity index (χ4v) is 4.40. The first-order valence-electron chi connectivity index (χ1n) is 12.5. The van der Waals surface area contributed by atoms with E-state index in [9.17, 15) is 4.79 Å². The molecule has 0 aliphatic rings. The van der Waals surface area contributed by atoms with E-state index in [1.807, 2.05) is 59.7 Å². The molecule has 0 aliphatic heterocycles. The number of hydrogen-bond acceptors (Lipinski definition) is 7. The maximum atomic E-state index is 13.1. The summed E-state index contributed by atoms with van der Waals surface area (Å²) < 4.78 is 36.0. The molecule has 0 amide bonds. The number of esters is 1. The summed E-state index contributed by atoms with van der Waals surface area (Å²) in [6, 6.07) is 5.59. The lowest BCUT2D eigenvalue weighted by Gasteiger charge is -2.23. The standard InChI is InChI=1S/C29H36O7/c1-8-16-36-29(30)24-18(7)23-19(17-22(24)33-11-4)27(34-12-5)25-20(31-9-2)14-15-21(32-10-3)26(25)28(23)35-13-6/h8,14-15,17H,1,9-13,16H2,2-7H3. The highest BCUT2D eigenvalue weighted by Gasteiger charge is 2.28. The number of carbonyl (C=O) groups excluding carboxylic acids is 1. The molecule has 0 aromatic heterocycles. The summed E-state index contributed by atoms with van der Waals surface area (Å²) in [6.45, 7) is 17.3. The van der Waals surface area contributed by atoms with Crippen LogP contribution in [0.1, 0.15) is 50.5 Å². The van der Waals surface area contributed by atoms with Crippen LogP contribution in [0.3, 0.4) is 0 Å². The van der Waals surface area contributed by atoms with Crippen molar-refractivity contribution in [2.45, 2.75) is 41.5 Å². The third-order valence-corrected chi connectivity index (χ3v) is 5.61. The molecule has 0 heterocycles. The minimum Gasteiger partial charge on any atom is -0.493 e. The minimum absolute atomic E-state index is 0.0916. The van der Waals surface area contributed by atoms with Crippen LogP contribution in [0.4, 0.5) is 0 Å². The van der Waals surface area contributed by atoms with E-state index in [0.717, 1.165) is 21.5 Å². The second-order valence-corrected chi connectivity index (χ2v) is 7.82. The van der Waals surface area contributed by atoms with Crippen molar-refractivity contribution in [1.29, 1.82) is 0 Å². The molecule has 36 heavy (non-hydrogen) atoms. The molecule has 0 bridgehead atoms. The molecule has 0 fully saturated rings. The van der Waals surface area contributed by atoms with Crippen LogP contribution in [0.25, 0.3) is 21.5 Å². The molecule has 7 nitrogen and oxygen atoms in total. The topological polar surface area (TPSA) is 72.5 Å². The average Bonchev–Trinajstić information content (AvgIpc) is 2.86. The van der Waals surface area contributed by atoms with E-state index in [1.54, 1.807) is 0 Å². The van der Waals surface area contributed by atoms with Crippen molar-refractivity contribution in [3.8, 4) is 28.7 Å². The molecule has 3 aromatic carbocycles. The van der Waals surface area contributed by atoms with Gasteiger partial charge in [0.15, 0.2) is 0 Å². The SMILES string of the molecule is C=CCOC(=O)c1c(OCC)cc2c(OCC)c3c(OCC)ccc(OCC)c3c(OCC)c2c1C. The van der Waals surface area contributed by atoms with Crippen LogP contribution in [0.15, 0.2) is 30.9 Å². The zero-order valence-electron chi connectivity index (χ0n) is 22.1. The normalized spacial score (nSPS) is 10.8. The van der Waals surface area contributed by atoms with Gasteiger partial charge >= 0.3 is 5.97 Å². The van der Waals surface area contributed by atoms with E-state index in [0.29, 0.717) is 72.9 Å². The average molecular weight is 497 g/mol. The van der Waals surface area contributed by atoms with Crippen molar-refractivity contribution < 1.29 is 33.2 Å². The molecular formula is C29H36O7. The van der Waals surface area contributed by atoms with Gasteiger partial charge in [-0.1, -0.05) is 12.7 Å². The second-order valence-electron chi connectivity index (χ2n) is 7.82. The van der Waals surface area contributed by atoms with Gasteiger partial charge in [-0.25, -0.2) is 4.79 Å². The lowest BCUT2D eigenvalue weighted by atomic mass is 9.92. The van der Waals surface area contributed by atoms with Crippen molar-refractivity contribution in [1.82, 2.24) is 0 Å². The van der Waals surface area contributed by atoms with Gasteiger partial charge in [-0.05, 0) is 65.3 Å². The van der Waals surface area contributed by atoms with Gasteiger partial charge in [-0.3, -0.25) is 0 Å².